The van der Waals surface area contributed by atoms with Gasteiger partial charge in [-0.25, -0.2) is 0 Å². The van der Waals surface area contributed by atoms with Gasteiger partial charge in [0, 0.05) is 38.4 Å². The number of fused-ring (bicyclic) bond motifs is 2. The van der Waals surface area contributed by atoms with Gasteiger partial charge in [0.05, 0.1) is 0 Å². The van der Waals surface area contributed by atoms with Gasteiger partial charge in [-0.1, -0.05) is 48.5 Å². The van der Waals surface area contributed by atoms with Crippen LogP contribution in [0.15, 0.2) is 91.0 Å². The van der Waals surface area contributed by atoms with Crippen molar-refractivity contribution < 1.29 is 0 Å². The van der Waals surface area contributed by atoms with Gasteiger partial charge in [-0.2, -0.15) is 0 Å². The lowest BCUT2D eigenvalue weighted by Crippen LogP contribution is -1.69. The highest BCUT2D eigenvalue weighted by atomic mass is 32.2. The maximum absolute atomic E-state index is 2.31. The number of hydrogen-bond acceptors (Lipinski definition) is 1. The molecular weight excluding hydrogens is 352 g/mol. The molecule has 26 heavy (non-hydrogen) atoms. The second kappa shape index (κ2) is 7.45. The van der Waals surface area contributed by atoms with Gasteiger partial charge in [-0.05, 0) is 48.7 Å². The highest BCUT2D eigenvalue weighted by molar-refractivity contribution is 7.45. The molecular formula is C24H21S2+. The number of aryl methyl sites for hydroxylation is 2. The van der Waals surface area contributed by atoms with E-state index >= 15 is 0 Å². The molecule has 0 spiro atoms. The molecule has 0 aliphatic rings. The van der Waals surface area contributed by atoms with Crippen LogP contribution in [0.5, 0.6) is 0 Å². The molecule has 3 aromatic carbocycles. The van der Waals surface area contributed by atoms with Gasteiger partial charge in [-0.15, -0.1) is 11.3 Å². The Morgan fingerprint density at radius 3 is 2.08 bits per heavy atom. The van der Waals surface area contributed by atoms with Crippen LogP contribution in [0.25, 0.3) is 25.1 Å². The molecule has 1 atom stereocenters. The van der Waals surface area contributed by atoms with Gasteiger partial charge < -0.3 is 0 Å². The van der Waals surface area contributed by atoms with Crippen LogP contribution in [0.2, 0.25) is 0 Å². The molecule has 0 N–H and O–H groups in total. The topological polar surface area (TPSA) is 0 Å². The van der Waals surface area contributed by atoms with E-state index in [1.54, 1.807) is 0 Å². The van der Waals surface area contributed by atoms with Crippen molar-refractivity contribution in [2.75, 3.05) is 0 Å². The molecule has 0 aliphatic heterocycles. The summed E-state index contributed by atoms with van der Waals surface area (Å²) in [5.41, 5.74) is 0. The Kier molecular flexibility index (Phi) is 4.87. The third kappa shape index (κ3) is 3.44. The Morgan fingerprint density at radius 1 is 0.654 bits per heavy atom. The van der Waals surface area contributed by atoms with Crippen molar-refractivity contribution in [2.24, 2.45) is 0 Å². The van der Waals surface area contributed by atoms with E-state index in [1.165, 1.54) is 34.8 Å². The van der Waals surface area contributed by atoms with E-state index < -0.39 is 0 Å². The van der Waals surface area contributed by atoms with Gasteiger partial charge in [0.15, 0.2) is 14.5 Å². The van der Waals surface area contributed by atoms with E-state index in [4.69, 9.17) is 0 Å². The minimum Gasteiger partial charge on any atom is -0.141 e. The SMILES string of the molecule is Cc1cc2ccccc2[s+]1-c1ccccc1.Cc1cc2ccccc2s1. The molecule has 1 unspecified atom stereocenters. The molecule has 2 heteroatoms. The lowest BCUT2D eigenvalue weighted by Gasteiger charge is -1.92. The fraction of sp³-hybridized carbons (Fsp3) is 0.0833. The summed E-state index contributed by atoms with van der Waals surface area (Å²) in [4.78, 5) is 4.27. The first-order valence-corrected chi connectivity index (χ1v) is 10.8. The minimum absolute atomic E-state index is 0.151. The quantitative estimate of drug-likeness (QED) is 0.260. The molecule has 2 aromatic heterocycles. The molecule has 0 saturated heterocycles. The standard InChI is InChI=1S/C15H13S.C9H8S/c1-12-11-13-7-5-6-10-15(13)16(12)14-8-3-2-4-9-14;1-7-6-8-4-2-3-5-9(8)10-7/h2-11H,1H3;2-6H,1H3/q+1;. The van der Waals surface area contributed by atoms with Crippen LogP contribution in [0, 0.1) is 13.8 Å². The molecule has 2 heterocycles. The average molecular weight is 374 g/mol. The Hall–Kier alpha value is -2.42. The smallest absolute Gasteiger partial charge is 0.141 e. The fourth-order valence-corrected chi connectivity index (χ4v) is 6.37. The highest BCUT2D eigenvalue weighted by Gasteiger charge is 2.18. The number of hydrogen-bond donors (Lipinski definition) is 0. The maximum Gasteiger partial charge on any atom is 0.186 e. The third-order valence-electron chi connectivity index (χ3n) is 4.35. The predicted octanol–water partition coefficient (Wildman–Crippen LogP) is 8.10. The summed E-state index contributed by atoms with van der Waals surface area (Å²) < 4.78 is 2.85. The van der Waals surface area contributed by atoms with E-state index in [2.05, 4.69) is 105 Å². The Labute approximate surface area is 161 Å². The molecule has 0 saturated carbocycles. The average Bonchev–Trinajstić information content (AvgIpc) is 3.20. The van der Waals surface area contributed by atoms with Crippen molar-refractivity contribution in [3.63, 3.8) is 0 Å². The second-order valence-electron chi connectivity index (χ2n) is 6.31. The maximum atomic E-state index is 2.31. The lowest BCUT2D eigenvalue weighted by molar-refractivity contribution is 1.64. The Morgan fingerprint density at radius 2 is 1.31 bits per heavy atom. The van der Waals surface area contributed by atoms with E-state index in [9.17, 15) is 0 Å². The van der Waals surface area contributed by atoms with Crippen molar-refractivity contribution in [2.45, 2.75) is 13.8 Å². The third-order valence-corrected chi connectivity index (χ3v) is 7.70. The molecule has 0 radical (unpaired) electrons. The van der Waals surface area contributed by atoms with Crippen molar-refractivity contribution >= 4 is 42.0 Å². The molecule has 0 fully saturated rings. The molecule has 5 rings (SSSR count). The monoisotopic (exact) mass is 373 g/mol. The first-order valence-electron chi connectivity index (χ1n) is 8.74. The van der Waals surface area contributed by atoms with Gasteiger partial charge in [-0.3, -0.25) is 0 Å². The summed E-state index contributed by atoms with van der Waals surface area (Å²) in [5, 5.41) is 2.75. The summed E-state index contributed by atoms with van der Waals surface area (Å²) >= 11 is 1.85. The zero-order valence-corrected chi connectivity index (χ0v) is 16.6. The van der Waals surface area contributed by atoms with Gasteiger partial charge in [0.25, 0.3) is 0 Å². The first kappa shape index (κ1) is 17.0. The minimum atomic E-state index is 0.151. The van der Waals surface area contributed by atoms with Crippen LogP contribution in [-0.2, 0) is 0 Å². The van der Waals surface area contributed by atoms with Gasteiger partial charge in [0.1, 0.15) is 0 Å². The van der Waals surface area contributed by atoms with Crippen LogP contribution in [0.1, 0.15) is 9.75 Å². The van der Waals surface area contributed by atoms with Gasteiger partial charge in [0.2, 0.25) is 0 Å². The van der Waals surface area contributed by atoms with Crippen LogP contribution < -0.4 is 0 Å². The van der Waals surface area contributed by atoms with E-state index in [0.717, 1.165) is 0 Å². The fourth-order valence-electron chi connectivity index (χ4n) is 3.22. The first-order chi connectivity index (χ1) is 12.7. The van der Waals surface area contributed by atoms with Crippen molar-refractivity contribution in [3.05, 3.63) is 101 Å². The summed E-state index contributed by atoms with van der Waals surface area (Å²) in [5.74, 6) is 0. The molecule has 5 aromatic rings. The zero-order chi connectivity index (χ0) is 17.9. The summed E-state index contributed by atoms with van der Waals surface area (Å²) in [6, 6.07) is 32.5. The summed E-state index contributed by atoms with van der Waals surface area (Å²) in [7, 11) is 0.151. The zero-order valence-electron chi connectivity index (χ0n) is 15.0. The lowest BCUT2D eigenvalue weighted by atomic mass is 10.2. The van der Waals surface area contributed by atoms with Crippen LogP contribution in [0.4, 0.5) is 0 Å². The van der Waals surface area contributed by atoms with Crippen LogP contribution in [0.3, 0.4) is 0 Å². The number of rotatable bonds is 1. The van der Waals surface area contributed by atoms with Crippen LogP contribution in [-0.4, -0.2) is 0 Å². The van der Waals surface area contributed by atoms with Crippen molar-refractivity contribution in [1.82, 2.24) is 0 Å². The van der Waals surface area contributed by atoms with E-state index in [1.807, 2.05) is 11.3 Å². The second-order valence-corrected chi connectivity index (χ2v) is 9.76. The number of thiophene rings is 2. The normalized spacial score (nSPS) is 11.4. The van der Waals surface area contributed by atoms with E-state index in [-0.39, 0.29) is 10.5 Å². The van der Waals surface area contributed by atoms with Crippen molar-refractivity contribution in [3.8, 4) is 4.90 Å². The van der Waals surface area contributed by atoms with Crippen LogP contribution >= 0.6 is 21.8 Å². The molecule has 128 valence electrons. The Bertz CT molecular complexity index is 1110. The molecule has 0 nitrogen and oxygen atoms in total. The molecule has 0 aliphatic carbocycles. The molecule has 0 bridgehead atoms. The summed E-state index contributed by atoms with van der Waals surface area (Å²) in [6.07, 6.45) is 0. The summed E-state index contributed by atoms with van der Waals surface area (Å²) in [6.45, 7) is 4.38. The van der Waals surface area contributed by atoms with Crippen molar-refractivity contribution in [1.29, 1.82) is 0 Å². The number of benzene rings is 3. The Balaban J connectivity index is 0.000000144. The highest BCUT2D eigenvalue weighted by Crippen LogP contribution is 2.42. The molecule has 0 amide bonds. The predicted molar refractivity (Wildman–Crippen MR) is 119 cm³/mol. The largest absolute Gasteiger partial charge is 0.186 e. The van der Waals surface area contributed by atoms with E-state index in [0.29, 0.717) is 0 Å². The van der Waals surface area contributed by atoms with Gasteiger partial charge >= 0.3 is 0 Å².